The summed E-state index contributed by atoms with van der Waals surface area (Å²) in [5.41, 5.74) is -0.529. The lowest BCUT2D eigenvalue weighted by Gasteiger charge is -2.25. The number of nitro benzene ring substituents is 1. The van der Waals surface area contributed by atoms with Crippen LogP contribution in [0.2, 0.25) is 0 Å². The molecule has 8 nitrogen and oxygen atoms in total. The van der Waals surface area contributed by atoms with Crippen molar-refractivity contribution in [3.63, 3.8) is 0 Å². The Hall–Kier alpha value is -3.62. The summed E-state index contributed by atoms with van der Waals surface area (Å²) in [6, 6.07) is 9.80. The van der Waals surface area contributed by atoms with Crippen LogP contribution in [0.25, 0.3) is 0 Å². The molecule has 29 heavy (non-hydrogen) atoms. The maximum absolute atomic E-state index is 14.0. The highest BCUT2D eigenvalue weighted by molar-refractivity contribution is 6.24. The maximum Gasteiger partial charge on any atom is 0.282 e. The van der Waals surface area contributed by atoms with Crippen LogP contribution < -0.4 is 0 Å². The first-order valence-corrected chi connectivity index (χ1v) is 9.05. The van der Waals surface area contributed by atoms with Gasteiger partial charge in [0.05, 0.1) is 10.5 Å². The summed E-state index contributed by atoms with van der Waals surface area (Å²) >= 11 is 0. The summed E-state index contributed by atoms with van der Waals surface area (Å²) < 4.78 is 14.0. The second-order valence-electron chi connectivity index (χ2n) is 7.00. The van der Waals surface area contributed by atoms with Crippen LogP contribution in [-0.2, 0) is 11.3 Å². The molecule has 2 aromatic carbocycles. The van der Waals surface area contributed by atoms with Crippen molar-refractivity contribution in [1.29, 1.82) is 0 Å². The van der Waals surface area contributed by atoms with Gasteiger partial charge in [0.1, 0.15) is 17.9 Å². The highest BCUT2D eigenvalue weighted by Crippen LogP contribution is 2.32. The number of carbonyl (C=O) groups is 3. The van der Waals surface area contributed by atoms with Gasteiger partial charge in [0.15, 0.2) is 0 Å². The topological polar surface area (TPSA) is 101 Å². The lowest BCUT2D eigenvalue weighted by molar-refractivity contribution is -0.385. The van der Waals surface area contributed by atoms with Crippen LogP contribution in [0.15, 0.2) is 42.5 Å². The van der Waals surface area contributed by atoms with E-state index in [1.54, 1.807) is 18.2 Å². The Bertz CT molecular complexity index is 1050. The Kier molecular flexibility index (Phi) is 4.57. The maximum atomic E-state index is 14.0. The van der Waals surface area contributed by atoms with Crippen molar-refractivity contribution in [3.8, 4) is 0 Å². The smallest absolute Gasteiger partial charge is 0.282 e. The summed E-state index contributed by atoms with van der Waals surface area (Å²) in [7, 11) is 0. The standard InChI is InChI=1S/C20H16FN3O5/c21-15-6-2-1-4-12(15)10-22(13-8-9-13)17(25)11-23-19(26)14-5-3-7-16(24(28)29)18(14)20(23)27/h1-7,13H,8-11H2. The number of halogens is 1. The van der Waals surface area contributed by atoms with E-state index in [0.29, 0.717) is 5.56 Å². The van der Waals surface area contributed by atoms with Crippen LogP contribution in [-0.4, -0.2) is 45.0 Å². The first kappa shape index (κ1) is 18.7. The van der Waals surface area contributed by atoms with E-state index in [0.717, 1.165) is 23.8 Å². The number of imide groups is 1. The van der Waals surface area contributed by atoms with Gasteiger partial charge in [0, 0.05) is 24.2 Å². The van der Waals surface area contributed by atoms with E-state index < -0.39 is 40.7 Å². The molecular formula is C20H16FN3O5. The van der Waals surface area contributed by atoms with E-state index in [1.165, 1.54) is 23.1 Å². The summed E-state index contributed by atoms with van der Waals surface area (Å²) in [5.74, 6) is -2.56. The number of carbonyl (C=O) groups excluding carboxylic acids is 3. The molecule has 1 fully saturated rings. The number of amides is 3. The number of benzene rings is 2. The van der Waals surface area contributed by atoms with Gasteiger partial charge >= 0.3 is 0 Å². The van der Waals surface area contributed by atoms with Crippen LogP contribution in [0.1, 0.15) is 39.1 Å². The van der Waals surface area contributed by atoms with Crippen LogP contribution in [0.5, 0.6) is 0 Å². The van der Waals surface area contributed by atoms with Gasteiger partial charge in [-0.3, -0.25) is 29.4 Å². The van der Waals surface area contributed by atoms with Crippen LogP contribution in [0.3, 0.4) is 0 Å². The Morgan fingerprint density at radius 1 is 1.14 bits per heavy atom. The van der Waals surface area contributed by atoms with Crippen LogP contribution >= 0.6 is 0 Å². The van der Waals surface area contributed by atoms with Gasteiger partial charge < -0.3 is 4.90 Å². The summed E-state index contributed by atoms with van der Waals surface area (Å²) in [6.45, 7) is -0.520. The van der Waals surface area contributed by atoms with Crippen molar-refractivity contribution < 1.29 is 23.7 Å². The molecule has 3 amide bonds. The fraction of sp³-hybridized carbons (Fsp3) is 0.250. The van der Waals surface area contributed by atoms with Crippen molar-refractivity contribution >= 4 is 23.4 Å². The Morgan fingerprint density at radius 3 is 2.52 bits per heavy atom. The van der Waals surface area contributed by atoms with E-state index >= 15 is 0 Å². The second kappa shape index (κ2) is 7.08. The Balaban J connectivity index is 1.57. The van der Waals surface area contributed by atoms with Crippen molar-refractivity contribution in [1.82, 2.24) is 9.80 Å². The number of nitro groups is 1. The third kappa shape index (κ3) is 3.35. The molecule has 0 bridgehead atoms. The predicted octanol–water partition coefficient (Wildman–Crippen LogP) is 2.52. The Labute approximate surface area is 164 Å². The van der Waals surface area contributed by atoms with E-state index in [9.17, 15) is 28.9 Å². The first-order chi connectivity index (χ1) is 13.9. The summed E-state index contributed by atoms with van der Waals surface area (Å²) in [4.78, 5) is 50.8. The van der Waals surface area contributed by atoms with E-state index in [4.69, 9.17) is 0 Å². The third-order valence-corrected chi connectivity index (χ3v) is 5.07. The average Bonchev–Trinajstić information content (AvgIpc) is 3.51. The normalized spacial score (nSPS) is 15.4. The third-order valence-electron chi connectivity index (χ3n) is 5.07. The van der Waals surface area contributed by atoms with Crippen molar-refractivity contribution in [2.45, 2.75) is 25.4 Å². The SMILES string of the molecule is O=C1c2cccc([N+](=O)[O-])c2C(=O)N1CC(=O)N(Cc1ccccc1F)C1CC1. The van der Waals surface area contributed by atoms with Gasteiger partial charge in [-0.05, 0) is 25.0 Å². The zero-order chi connectivity index (χ0) is 20.7. The van der Waals surface area contributed by atoms with Gasteiger partial charge in [-0.25, -0.2) is 4.39 Å². The highest BCUT2D eigenvalue weighted by atomic mass is 19.1. The average molecular weight is 397 g/mol. The van der Waals surface area contributed by atoms with Crippen LogP contribution in [0.4, 0.5) is 10.1 Å². The Morgan fingerprint density at radius 2 is 1.86 bits per heavy atom. The molecule has 0 radical (unpaired) electrons. The van der Waals surface area contributed by atoms with Crippen molar-refractivity contribution in [2.24, 2.45) is 0 Å². The van der Waals surface area contributed by atoms with Gasteiger partial charge in [0.25, 0.3) is 17.5 Å². The van der Waals surface area contributed by atoms with E-state index in [1.807, 2.05) is 0 Å². The predicted molar refractivity (Wildman–Crippen MR) is 98.4 cm³/mol. The van der Waals surface area contributed by atoms with E-state index in [-0.39, 0.29) is 23.7 Å². The molecule has 1 heterocycles. The zero-order valence-electron chi connectivity index (χ0n) is 15.2. The van der Waals surface area contributed by atoms with Crippen molar-refractivity contribution in [2.75, 3.05) is 6.54 Å². The number of hydrogen-bond acceptors (Lipinski definition) is 5. The lowest BCUT2D eigenvalue weighted by atomic mass is 10.1. The fourth-order valence-corrected chi connectivity index (χ4v) is 3.45. The minimum atomic E-state index is -0.868. The quantitative estimate of drug-likeness (QED) is 0.424. The molecule has 2 aromatic rings. The molecule has 9 heteroatoms. The van der Waals surface area contributed by atoms with Crippen LogP contribution in [0, 0.1) is 15.9 Å². The molecular weight excluding hydrogens is 381 g/mol. The molecule has 0 aromatic heterocycles. The minimum Gasteiger partial charge on any atom is -0.334 e. The van der Waals surface area contributed by atoms with Crippen molar-refractivity contribution in [3.05, 3.63) is 75.1 Å². The number of nitrogens with zero attached hydrogens (tertiary/aromatic N) is 3. The first-order valence-electron chi connectivity index (χ1n) is 9.05. The van der Waals surface area contributed by atoms with Gasteiger partial charge in [0.2, 0.25) is 5.91 Å². The summed E-state index contributed by atoms with van der Waals surface area (Å²) in [5, 5.41) is 11.2. The summed E-state index contributed by atoms with van der Waals surface area (Å²) in [6.07, 6.45) is 1.52. The van der Waals surface area contributed by atoms with Gasteiger partial charge in [-0.2, -0.15) is 0 Å². The number of rotatable bonds is 6. The second-order valence-corrected chi connectivity index (χ2v) is 7.00. The fourth-order valence-electron chi connectivity index (χ4n) is 3.45. The molecule has 0 N–H and O–H groups in total. The molecule has 0 saturated heterocycles. The highest BCUT2D eigenvalue weighted by Gasteiger charge is 2.43. The van der Waals surface area contributed by atoms with E-state index in [2.05, 4.69) is 0 Å². The number of hydrogen-bond donors (Lipinski definition) is 0. The molecule has 0 spiro atoms. The number of fused-ring (bicyclic) bond motifs is 1. The molecule has 4 rings (SSSR count). The molecule has 0 unspecified atom stereocenters. The van der Waals surface area contributed by atoms with Gasteiger partial charge in [-0.1, -0.05) is 24.3 Å². The largest absolute Gasteiger partial charge is 0.334 e. The zero-order valence-corrected chi connectivity index (χ0v) is 15.2. The lowest BCUT2D eigenvalue weighted by Crippen LogP contribution is -2.43. The van der Waals surface area contributed by atoms with Gasteiger partial charge in [-0.15, -0.1) is 0 Å². The molecule has 1 saturated carbocycles. The molecule has 148 valence electrons. The molecule has 1 aliphatic heterocycles. The molecule has 0 atom stereocenters. The molecule has 1 aliphatic carbocycles. The minimum absolute atomic E-state index is 0.0273. The monoisotopic (exact) mass is 397 g/mol. The molecule has 2 aliphatic rings.